The van der Waals surface area contributed by atoms with E-state index in [4.69, 9.17) is 5.11 Å². The van der Waals surface area contributed by atoms with E-state index in [1.165, 1.54) is 0 Å². The summed E-state index contributed by atoms with van der Waals surface area (Å²) in [5.41, 5.74) is 0. The van der Waals surface area contributed by atoms with E-state index in [0.29, 0.717) is 6.54 Å². The van der Waals surface area contributed by atoms with E-state index in [1.807, 2.05) is 11.8 Å². The summed E-state index contributed by atoms with van der Waals surface area (Å²) in [6.45, 7) is 3.06. The third-order valence-electron chi connectivity index (χ3n) is 2.27. The minimum absolute atomic E-state index is 0.0912. The fourth-order valence-corrected chi connectivity index (χ4v) is 1.54. The van der Waals surface area contributed by atoms with Crippen LogP contribution in [0.1, 0.15) is 6.92 Å². The normalized spacial score (nSPS) is 39.8. The summed E-state index contributed by atoms with van der Waals surface area (Å²) < 4.78 is 0. The molecule has 0 aliphatic carbocycles. The van der Waals surface area contributed by atoms with Crippen LogP contribution in [-0.4, -0.2) is 58.2 Å². The molecular weight excluding hydrogens is 146 g/mol. The zero-order valence-electron chi connectivity index (χ0n) is 6.64. The molecular formula is C7H15NO3. The second-order valence-electron chi connectivity index (χ2n) is 2.90. The van der Waals surface area contributed by atoms with Crippen molar-refractivity contribution in [2.75, 3.05) is 19.7 Å². The van der Waals surface area contributed by atoms with E-state index in [1.54, 1.807) is 0 Å². The molecule has 1 rings (SSSR count). The van der Waals surface area contributed by atoms with E-state index < -0.39 is 12.2 Å². The molecule has 0 unspecified atom stereocenters. The van der Waals surface area contributed by atoms with Crippen LogP contribution in [0.3, 0.4) is 0 Å². The molecule has 1 fully saturated rings. The van der Waals surface area contributed by atoms with Gasteiger partial charge in [0, 0.05) is 6.54 Å². The third kappa shape index (κ3) is 1.54. The van der Waals surface area contributed by atoms with E-state index in [-0.39, 0.29) is 12.6 Å². The molecule has 66 valence electrons. The van der Waals surface area contributed by atoms with Crippen LogP contribution in [0.4, 0.5) is 0 Å². The van der Waals surface area contributed by atoms with Crippen molar-refractivity contribution in [1.29, 1.82) is 0 Å². The van der Waals surface area contributed by atoms with Crippen molar-refractivity contribution in [2.24, 2.45) is 0 Å². The molecule has 4 heteroatoms. The smallest absolute Gasteiger partial charge is 0.0988 e. The molecule has 11 heavy (non-hydrogen) atoms. The first-order chi connectivity index (χ1) is 5.20. The Morgan fingerprint density at radius 1 is 1.45 bits per heavy atom. The Kier molecular flexibility index (Phi) is 2.84. The fourth-order valence-electron chi connectivity index (χ4n) is 1.54. The number of nitrogens with zero attached hydrogens (tertiary/aromatic N) is 1. The van der Waals surface area contributed by atoms with Gasteiger partial charge < -0.3 is 15.3 Å². The van der Waals surface area contributed by atoms with Gasteiger partial charge in [-0.15, -0.1) is 0 Å². The summed E-state index contributed by atoms with van der Waals surface area (Å²) in [7, 11) is 0. The summed E-state index contributed by atoms with van der Waals surface area (Å²) in [6.07, 6.45) is -1.49. The topological polar surface area (TPSA) is 63.9 Å². The predicted octanol–water partition coefficient (Wildman–Crippen LogP) is -1.60. The van der Waals surface area contributed by atoms with E-state index in [0.717, 1.165) is 6.54 Å². The Hall–Kier alpha value is -0.160. The van der Waals surface area contributed by atoms with Gasteiger partial charge >= 0.3 is 0 Å². The van der Waals surface area contributed by atoms with Gasteiger partial charge in [0.1, 0.15) is 0 Å². The lowest BCUT2D eigenvalue weighted by Gasteiger charge is -2.21. The van der Waals surface area contributed by atoms with Crippen LogP contribution in [0.5, 0.6) is 0 Å². The zero-order valence-corrected chi connectivity index (χ0v) is 6.64. The highest BCUT2D eigenvalue weighted by atomic mass is 16.3. The number of hydrogen-bond acceptors (Lipinski definition) is 4. The van der Waals surface area contributed by atoms with Crippen LogP contribution in [0, 0.1) is 0 Å². The lowest BCUT2D eigenvalue weighted by atomic mass is 10.1. The Balaban J connectivity index is 2.57. The Morgan fingerprint density at radius 3 is 2.45 bits per heavy atom. The summed E-state index contributed by atoms with van der Waals surface area (Å²) >= 11 is 0. The minimum Gasteiger partial charge on any atom is -0.395 e. The highest BCUT2D eigenvalue weighted by Crippen LogP contribution is 2.17. The molecule has 1 aliphatic rings. The second kappa shape index (κ2) is 3.49. The SMILES string of the molecule is CCN1C[C@H](O)[C@@H](O)[C@@H]1CO. The van der Waals surface area contributed by atoms with Crippen LogP contribution in [0.25, 0.3) is 0 Å². The molecule has 0 aromatic carbocycles. The van der Waals surface area contributed by atoms with Crippen molar-refractivity contribution in [3.8, 4) is 0 Å². The number of aliphatic hydroxyl groups is 3. The maximum Gasteiger partial charge on any atom is 0.0988 e. The van der Waals surface area contributed by atoms with E-state index >= 15 is 0 Å². The average Bonchev–Trinajstić information content (AvgIpc) is 2.28. The van der Waals surface area contributed by atoms with Gasteiger partial charge in [-0.2, -0.15) is 0 Å². The highest BCUT2D eigenvalue weighted by Gasteiger charge is 2.38. The number of likely N-dealkylation sites (N-methyl/N-ethyl adjacent to an activating group) is 1. The number of aliphatic hydroxyl groups excluding tert-OH is 3. The molecule has 0 radical (unpaired) electrons. The summed E-state index contributed by atoms with van der Waals surface area (Å²) in [5.74, 6) is 0. The summed E-state index contributed by atoms with van der Waals surface area (Å²) in [4.78, 5) is 1.87. The van der Waals surface area contributed by atoms with Gasteiger partial charge in [0.25, 0.3) is 0 Å². The highest BCUT2D eigenvalue weighted by molar-refractivity contribution is 4.92. The lowest BCUT2D eigenvalue weighted by molar-refractivity contribution is 0.0222. The van der Waals surface area contributed by atoms with Gasteiger partial charge in [-0.3, -0.25) is 4.90 Å². The van der Waals surface area contributed by atoms with Crippen molar-refractivity contribution in [3.05, 3.63) is 0 Å². The van der Waals surface area contributed by atoms with Gasteiger partial charge in [-0.05, 0) is 6.54 Å². The first-order valence-electron chi connectivity index (χ1n) is 3.91. The largest absolute Gasteiger partial charge is 0.395 e. The number of hydrogen-bond donors (Lipinski definition) is 3. The van der Waals surface area contributed by atoms with Crippen molar-refractivity contribution < 1.29 is 15.3 Å². The van der Waals surface area contributed by atoms with Gasteiger partial charge in [0.05, 0.1) is 24.9 Å². The molecule has 4 nitrogen and oxygen atoms in total. The third-order valence-corrected chi connectivity index (χ3v) is 2.27. The Bertz CT molecular complexity index is 131. The van der Waals surface area contributed by atoms with Crippen molar-refractivity contribution >= 4 is 0 Å². The number of rotatable bonds is 2. The van der Waals surface area contributed by atoms with Crippen molar-refractivity contribution in [3.63, 3.8) is 0 Å². The van der Waals surface area contributed by atoms with Crippen LogP contribution in [0.15, 0.2) is 0 Å². The molecule has 0 amide bonds. The molecule has 0 aromatic rings. The van der Waals surface area contributed by atoms with Crippen LogP contribution >= 0.6 is 0 Å². The Labute approximate surface area is 66.1 Å². The fraction of sp³-hybridized carbons (Fsp3) is 1.00. The van der Waals surface area contributed by atoms with Gasteiger partial charge in [-0.1, -0.05) is 6.92 Å². The quantitative estimate of drug-likeness (QED) is 0.456. The summed E-state index contributed by atoms with van der Waals surface area (Å²) in [5, 5.41) is 27.3. The van der Waals surface area contributed by atoms with Crippen LogP contribution in [0.2, 0.25) is 0 Å². The molecule has 1 heterocycles. The first kappa shape index (κ1) is 8.93. The second-order valence-corrected chi connectivity index (χ2v) is 2.90. The number of β-amino-alcohol motifs (C(OH)–C–C–N with tert-alkyl or cyclic N) is 1. The molecule has 0 saturated carbocycles. The van der Waals surface area contributed by atoms with Crippen molar-refractivity contribution in [2.45, 2.75) is 25.2 Å². The monoisotopic (exact) mass is 161 g/mol. The van der Waals surface area contributed by atoms with Gasteiger partial charge in [-0.25, -0.2) is 0 Å². The summed E-state index contributed by atoms with van der Waals surface area (Å²) in [6, 6.07) is -0.282. The zero-order chi connectivity index (χ0) is 8.43. The average molecular weight is 161 g/mol. The van der Waals surface area contributed by atoms with E-state index in [9.17, 15) is 10.2 Å². The maximum absolute atomic E-state index is 9.31. The van der Waals surface area contributed by atoms with Gasteiger partial charge in [0.2, 0.25) is 0 Å². The maximum atomic E-state index is 9.31. The minimum atomic E-state index is -0.792. The molecule has 1 saturated heterocycles. The van der Waals surface area contributed by atoms with Crippen molar-refractivity contribution in [1.82, 2.24) is 4.90 Å². The molecule has 0 bridgehead atoms. The molecule has 3 atom stereocenters. The van der Waals surface area contributed by atoms with Crippen LogP contribution in [-0.2, 0) is 0 Å². The standard InChI is InChI=1S/C7H15NO3/c1-2-8-3-6(10)7(11)5(8)4-9/h5-7,9-11H,2-4H2,1H3/t5-,6-,7-/m0/s1. The molecule has 3 N–H and O–H groups in total. The number of likely N-dealkylation sites (tertiary alicyclic amines) is 1. The molecule has 1 aliphatic heterocycles. The van der Waals surface area contributed by atoms with E-state index in [2.05, 4.69) is 0 Å². The molecule has 0 spiro atoms. The Morgan fingerprint density at radius 2 is 2.09 bits per heavy atom. The molecule has 0 aromatic heterocycles. The predicted molar refractivity (Wildman–Crippen MR) is 40.1 cm³/mol. The first-order valence-corrected chi connectivity index (χ1v) is 3.91. The van der Waals surface area contributed by atoms with Crippen LogP contribution < -0.4 is 0 Å². The lowest BCUT2D eigenvalue weighted by Crippen LogP contribution is -2.38. The van der Waals surface area contributed by atoms with Gasteiger partial charge in [0.15, 0.2) is 0 Å².